The normalized spacial score (nSPS) is 22.9. The third kappa shape index (κ3) is 4.07. The lowest BCUT2D eigenvalue weighted by Gasteiger charge is -2.28. The molecule has 3 nitrogen and oxygen atoms in total. The Hall–Kier alpha value is -2.20. The molecule has 0 amide bonds. The highest BCUT2D eigenvalue weighted by atomic mass is 19.1. The van der Waals surface area contributed by atoms with Gasteiger partial charge in [0.1, 0.15) is 6.17 Å². The summed E-state index contributed by atoms with van der Waals surface area (Å²) in [5.74, 6) is -0.912. The maximum atomic E-state index is 13.7. The zero-order valence-corrected chi connectivity index (χ0v) is 14.5. The van der Waals surface area contributed by atoms with E-state index in [4.69, 9.17) is 0 Å². The largest absolute Gasteiger partial charge is 0.481 e. The van der Waals surface area contributed by atoms with Gasteiger partial charge in [0.25, 0.3) is 0 Å². The van der Waals surface area contributed by atoms with Crippen molar-refractivity contribution in [3.63, 3.8) is 0 Å². The van der Waals surface area contributed by atoms with Crippen molar-refractivity contribution >= 4 is 5.97 Å². The summed E-state index contributed by atoms with van der Waals surface area (Å²) in [6.07, 6.45) is 1.01. The average molecular weight is 341 g/mol. The summed E-state index contributed by atoms with van der Waals surface area (Å²) in [5.41, 5.74) is 3.90. The van der Waals surface area contributed by atoms with Crippen LogP contribution in [0.4, 0.5) is 4.39 Å². The molecule has 25 heavy (non-hydrogen) atoms. The maximum Gasteiger partial charge on any atom is 0.305 e. The van der Waals surface area contributed by atoms with E-state index in [2.05, 4.69) is 30.4 Å². The summed E-state index contributed by atoms with van der Waals surface area (Å²) >= 11 is 0. The van der Waals surface area contributed by atoms with Gasteiger partial charge < -0.3 is 10.4 Å². The van der Waals surface area contributed by atoms with Crippen LogP contribution in [-0.2, 0) is 23.2 Å². The van der Waals surface area contributed by atoms with Crippen LogP contribution in [0.2, 0.25) is 0 Å². The van der Waals surface area contributed by atoms with E-state index in [0.29, 0.717) is 0 Å². The van der Waals surface area contributed by atoms with Crippen LogP contribution in [0.25, 0.3) is 0 Å². The quantitative estimate of drug-likeness (QED) is 0.841. The van der Waals surface area contributed by atoms with Crippen molar-refractivity contribution in [2.45, 2.75) is 44.3 Å². The Morgan fingerprint density at radius 1 is 1.20 bits per heavy atom. The van der Waals surface area contributed by atoms with Crippen LogP contribution < -0.4 is 5.32 Å². The number of benzene rings is 2. The number of alkyl halides is 1. The summed E-state index contributed by atoms with van der Waals surface area (Å²) in [5, 5.41) is 12.3. The molecule has 1 heterocycles. The molecule has 2 N–H and O–H groups in total. The second-order valence-corrected chi connectivity index (χ2v) is 6.96. The standard InChI is InChI=1S/C21H24FNO2/c1-15-4-2-3-5-17(15)9-6-16-7-10-18(11-8-16)21(13-20(24)25)12-19(22)14-23-21/h2-5,7-8,10-11,19,23H,6,9,12-14H2,1H3,(H,24,25)/t19-,21-/m0/s1. The fraction of sp³-hybridized carbons (Fsp3) is 0.381. The summed E-state index contributed by atoms with van der Waals surface area (Å²) in [7, 11) is 0. The Morgan fingerprint density at radius 3 is 2.52 bits per heavy atom. The van der Waals surface area contributed by atoms with Gasteiger partial charge in [-0.05, 0) is 42.0 Å². The number of hydrogen-bond donors (Lipinski definition) is 2. The molecule has 2 aromatic rings. The van der Waals surface area contributed by atoms with Crippen LogP contribution in [0.3, 0.4) is 0 Å². The Bertz CT molecular complexity index is 744. The highest BCUT2D eigenvalue weighted by Gasteiger charge is 2.42. The highest BCUT2D eigenvalue weighted by Crippen LogP contribution is 2.35. The van der Waals surface area contributed by atoms with Crippen molar-refractivity contribution in [2.75, 3.05) is 6.54 Å². The third-order valence-electron chi connectivity index (χ3n) is 5.14. The second kappa shape index (κ2) is 7.36. The van der Waals surface area contributed by atoms with Crippen molar-refractivity contribution in [2.24, 2.45) is 0 Å². The van der Waals surface area contributed by atoms with Crippen LogP contribution in [0.15, 0.2) is 48.5 Å². The molecule has 0 spiro atoms. The first-order chi connectivity index (χ1) is 12.0. The van der Waals surface area contributed by atoms with E-state index in [0.717, 1.165) is 18.4 Å². The molecule has 0 saturated carbocycles. The van der Waals surface area contributed by atoms with Gasteiger partial charge in [-0.1, -0.05) is 48.5 Å². The van der Waals surface area contributed by atoms with Crippen LogP contribution in [0.5, 0.6) is 0 Å². The summed E-state index contributed by atoms with van der Waals surface area (Å²) in [4.78, 5) is 11.2. The van der Waals surface area contributed by atoms with Crippen molar-refractivity contribution in [3.05, 3.63) is 70.8 Å². The molecule has 1 fully saturated rings. The Kier molecular flexibility index (Phi) is 5.19. The third-order valence-corrected chi connectivity index (χ3v) is 5.14. The molecular formula is C21H24FNO2. The molecule has 0 bridgehead atoms. The zero-order valence-electron chi connectivity index (χ0n) is 14.5. The van der Waals surface area contributed by atoms with E-state index in [1.807, 2.05) is 30.3 Å². The van der Waals surface area contributed by atoms with Crippen LogP contribution in [0.1, 0.15) is 35.1 Å². The van der Waals surface area contributed by atoms with E-state index < -0.39 is 17.7 Å². The van der Waals surface area contributed by atoms with Crippen LogP contribution in [-0.4, -0.2) is 23.8 Å². The van der Waals surface area contributed by atoms with Gasteiger partial charge in [-0.2, -0.15) is 0 Å². The number of aliphatic carboxylic acids is 1. The van der Waals surface area contributed by atoms with Crippen LogP contribution >= 0.6 is 0 Å². The van der Waals surface area contributed by atoms with Gasteiger partial charge in [-0.25, -0.2) is 4.39 Å². The monoisotopic (exact) mass is 341 g/mol. The zero-order chi connectivity index (χ0) is 17.9. The van der Waals surface area contributed by atoms with Gasteiger partial charge in [0, 0.05) is 13.0 Å². The molecule has 1 aliphatic rings. The highest BCUT2D eigenvalue weighted by molar-refractivity contribution is 5.69. The molecule has 2 aromatic carbocycles. The molecule has 0 aliphatic carbocycles. The second-order valence-electron chi connectivity index (χ2n) is 6.96. The fourth-order valence-corrected chi connectivity index (χ4v) is 3.70. The summed E-state index contributed by atoms with van der Waals surface area (Å²) in [6, 6.07) is 16.3. The van der Waals surface area contributed by atoms with Gasteiger partial charge in [0.05, 0.1) is 12.0 Å². The molecule has 3 rings (SSSR count). The number of nitrogens with one attached hydrogen (secondary N) is 1. The first kappa shape index (κ1) is 17.6. The number of halogens is 1. The number of aryl methyl sites for hydroxylation is 3. The van der Waals surface area contributed by atoms with Crippen molar-refractivity contribution in [1.82, 2.24) is 5.32 Å². The molecule has 4 heteroatoms. The summed E-state index contributed by atoms with van der Waals surface area (Å²) < 4.78 is 13.7. The number of carboxylic acids is 1. The lowest BCUT2D eigenvalue weighted by Crippen LogP contribution is -2.38. The van der Waals surface area contributed by atoms with Crippen LogP contribution in [0, 0.1) is 6.92 Å². The predicted molar refractivity (Wildman–Crippen MR) is 96.5 cm³/mol. The van der Waals surface area contributed by atoms with Crippen molar-refractivity contribution in [3.8, 4) is 0 Å². The van der Waals surface area contributed by atoms with Gasteiger partial charge in [0.15, 0.2) is 0 Å². The first-order valence-electron chi connectivity index (χ1n) is 8.73. The number of carbonyl (C=O) groups is 1. The lowest BCUT2D eigenvalue weighted by atomic mass is 9.84. The van der Waals surface area contributed by atoms with Gasteiger partial charge in [-0.3, -0.25) is 4.79 Å². The molecule has 1 saturated heterocycles. The maximum absolute atomic E-state index is 13.7. The fourth-order valence-electron chi connectivity index (χ4n) is 3.70. The minimum atomic E-state index is -1.000. The van der Waals surface area contributed by atoms with E-state index in [1.165, 1.54) is 16.7 Å². The van der Waals surface area contributed by atoms with Gasteiger partial charge >= 0.3 is 5.97 Å². The molecular weight excluding hydrogens is 317 g/mol. The average Bonchev–Trinajstić information content (AvgIpc) is 2.96. The van der Waals surface area contributed by atoms with E-state index in [1.54, 1.807) is 0 Å². The minimum absolute atomic E-state index is 0.101. The molecule has 2 atom stereocenters. The van der Waals surface area contributed by atoms with Gasteiger partial charge in [0.2, 0.25) is 0 Å². The first-order valence-corrected chi connectivity index (χ1v) is 8.73. The van der Waals surface area contributed by atoms with E-state index in [-0.39, 0.29) is 19.4 Å². The predicted octanol–water partition coefficient (Wildman–Crippen LogP) is 3.78. The SMILES string of the molecule is Cc1ccccc1CCc1ccc([C@@]2(CC(=O)O)C[C@H](F)CN2)cc1. The molecule has 0 radical (unpaired) electrons. The molecule has 132 valence electrons. The van der Waals surface area contributed by atoms with Crippen molar-refractivity contribution < 1.29 is 14.3 Å². The summed E-state index contributed by atoms with van der Waals surface area (Å²) in [6.45, 7) is 2.33. The Morgan fingerprint density at radius 2 is 1.92 bits per heavy atom. The van der Waals surface area contributed by atoms with E-state index >= 15 is 0 Å². The molecule has 0 aromatic heterocycles. The molecule has 0 unspecified atom stereocenters. The number of rotatable bonds is 6. The van der Waals surface area contributed by atoms with E-state index in [9.17, 15) is 14.3 Å². The van der Waals surface area contributed by atoms with Crippen molar-refractivity contribution in [1.29, 1.82) is 0 Å². The Labute approximate surface area is 147 Å². The minimum Gasteiger partial charge on any atom is -0.481 e. The smallest absolute Gasteiger partial charge is 0.305 e. The van der Waals surface area contributed by atoms with Gasteiger partial charge in [-0.15, -0.1) is 0 Å². The lowest BCUT2D eigenvalue weighted by molar-refractivity contribution is -0.138. The molecule has 1 aliphatic heterocycles. The number of carboxylic acid groups (broad SMARTS) is 1. The topological polar surface area (TPSA) is 49.3 Å². The Balaban J connectivity index is 1.72. The number of hydrogen-bond acceptors (Lipinski definition) is 2.